The number of hydrogen-bond acceptors (Lipinski definition) is 3. The molecule has 2 aromatic carbocycles. The van der Waals surface area contributed by atoms with Gasteiger partial charge in [-0.05, 0) is 48.4 Å². The topological polar surface area (TPSA) is 41.5 Å². The monoisotopic (exact) mass is 325 g/mol. The highest BCUT2D eigenvalue weighted by Gasteiger charge is 2.03. The van der Waals surface area contributed by atoms with Gasteiger partial charge < -0.3 is 15.2 Å². The molecule has 0 heterocycles. The molecule has 0 saturated carbocycles. The van der Waals surface area contributed by atoms with Crippen molar-refractivity contribution in [1.82, 2.24) is 5.32 Å². The van der Waals surface area contributed by atoms with Crippen LogP contribution in [0, 0.1) is 0 Å². The third-order valence-electron chi connectivity index (χ3n) is 3.16. The Morgan fingerprint density at radius 3 is 2.67 bits per heavy atom. The first-order valence-corrected chi connectivity index (χ1v) is 7.36. The summed E-state index contributed by atoms with van der Waals surface area (Å²) < 4.78 is 5.08. The molecule has 0 aliphatic heterocycles. The summed E-state index contributed by atoms with van der Waals surface area (Å²) in [5.41, 5.74) is 2.11. The van der Waals surface area contributed by atoms with Gasteiger partial charge in [0.25, 0.3) is 0 Å². The van der Waals surface area contributed by atoms with Crippen LogP contribution in [0.25, 0.3) is 0 Å². The smallest absolute Gasteiger partial charge is 0.160 e. The first-order valence-electron chi connectivity index (χ1n) is 6.60. The summed E-state index contributed by atoms with van der Waals surface area (Å²) >= 11 is 12.0. The number of phenolic OH excluding ortho intramolecular Hbond substituents is 1. The van der Waals surface area contributed by atoms with Crippen LogP contribution in [0.15, 0.2) is 36.4 Å². The molecular weight excluding hydrogens is 309 g/mol. The van der Waals surface area contributed by atoms with Crippen LogP contribution < -0.4 is 10.1 Å². The number of ether oxygens (including phenoxy) is 1. The van der Waals surface area contributed by atoms with Crippen molar-refractivity contribution >= 4 is 23.2 Å². The number of rotatable bonds is 6. The zero-order valence-corrected chi connectivity index (χ0v) is 13.2. The van der Waals surface area contributed by atoms with Gasteiger partial charge in [0.1, 0.15) is 0 Å². The Kier molecular flexibility index (Phi) is 5.74. The first-order chi connectivity index (χ1) is 10.1. The summed E-state index contributed by atoms with van der Waals surface area (Å²) in [6, 6.07) is 10.8. The van der Waals surface area contributed by atoms with Crippen molar-refractivity contribution in [3.8, 4) is 11.5 Å². The van der Waals surface area contributed by atoms with E-state index in [2.05, 4.69) is 5.32 Å². The molecule has 0 atom stereocenters. The zero-order valence-electron chi connectivity index (χ0n) is 11.7. The van der Waals surface area contributed by atoms with Gasteiger partial charge in [-0.25, -0.2) is 0 Å². The van der Waals surface area contributed by atoms with Gasteiger partial charge >= 0.3 is 0 Å². The number of phenols is 1. The minimum atomic E-state index is 0.147. The number of nitrogens with one attached hydrogen (secondary N) is 1. The van der Waals surface area contributed by atoms with E-state index in [1.54, 1.807) is 12.1 Å². The largest absolute Gasteiger partial charge is 0.504 e. The maximum Gasteiger partial charge on any atom is 0.160 e. The number of benzene rings is 2. The predicted molar refractivity (Wildman–Crippen MR) is 86.5 cm³/mol. The van der Waals surface area contributed by atoms with Gasteiger partial charge in [0.15, 0.2) is 11.5 Å². The zero-order chi connectivity index (χ0) is 15.2. The SMILES string of the molecule is COc1cc(CNCCc2ccc(Cl)cc2Cl)ccc1O. The third-order valence-corrected chi connectivity index (χ3v) is 3.75. The van der Waals surface area contributed by atoms with Gasteiger partial charge in [0.05, 0.1) is 7.11 Å². The third kappa shape index (κ3) is 4.53. The molecule has 0 saturated heterocycles. The van der Waals surface area contributed by atoms with Gasteiger partial charge in [-0.3, -0.25) is 0 Å². The number of methoxy groups -OCH3 is 1. The Morgan fingerprint density at radius 1 is 1.14 bits per heavy atom. The number of hydrogen-bond donors (Lipinski definition) is 2. The van der Waals surface area contributed by atoms with E-state index in [9.17, 15) is 5.11 Å². The van der Waals surface area contributed by atoms with Crippen molar-refractivity contribution in [2.45, 2.75) is 13.0 Å². The highest BCUT2D eigenvalue weighted by atomic mass is 35.5. The molecule has 5 heteroatoms. The van der Waals surface area contributed by atoms with Crippen molar-refractivity contribution in [2.24, 2.45) is 0 Å². The molecule has 0 amide bonds. The average molecular weight is 326 g/mol. The van der Waals surface area contributed by atoms with Crippen LogP contribution in [0.1, 0.15) is 11.1 Å². The van der Waals surface area contributed by atoms with E-state index in [0.29, 0.717) is 22.3 Å². The quantitative estimate of drug-likeness (QED) is 0.787. The molecule has 0 bridgehead atoms. The second-order valence-corrected chi connectivity index (χ2v) is 5.51. The minimum Gasteiger partial charge on any atom is -0.504 e. The molecule has 2 N–H and O–H groups in total. The molecular formula is C16H17Cl2NO2. The van der Waals surface area contributed by atoms with Gasteiger partial charge in [0, 0.05) is 16.6 Å². The van der Waals surface area contributed by atoms with Crippen molar-refractivity contribution in [2.75, 3.05) is 13.7 Å². The van der Waals surface area contributed by atoms with Gasteiger partial charge in [-0.1, -0.05) is 35.3 Å². The molecule has 0 aliphatic rings. The molecule has 0 aliphatic carbocycles. The van der Waals surface area contributed by atoms with E-state index in [1.165, 1.54) is 7.11 Å². The van der Waals surface area contributed by atoms with Crippen LogP contribution in [-0.2, 0) is 13.0 Å². The number of aromatic hydroxyl groups is 1. The Bertz CT molecular complexity index is 617. The maximum atomic E-state index is 9.54. The Morgan fingerprint density at radius 2 is 1.95 bits per heavy atom. The van der Waals surface area contributed by atoms with Crippen molar-refractivity contribution in [3.63, 3.8) is 0 Å². The van der Waals surface area contributed by atoms with Crippen LogP contribution in [0.3, 0.4) is 0 Å². The Hall–Kier alpha value is -1.42. The summed E-state index contributed by atoms with van der Waals surface area (Å²) in [6.07, 6.45) is 0.825. The van der Waals surface area contributed by atoms with Gasteiger partial charge in [0.2, 0.25) is 0 Å². The predicted octanol–water partition coefficient (Wildman–Crippen LogP) is 4.04. The lowest BCUT2D eigenvalue weighted by molar-refractivity contribution is 0.373. The standard InChI is InChI=1S/C16H17Cl2NO2/c1-21-16-8-11(2-5-15(16)20)10-19-7-6-12-3-4-13(17)9-14(12)18/h2-5,8-9,19-20H,6-7,10H2,1H3. The molecule has 112 valence electrons. The summed E-state index contributed by atoms with van der Waals surface area (Å²) in [4.78, 5) is 0. The van der Waals surface area contributed by atoms with E-state index < -0.39 is 0 Å². The second-order valence-electron chi connectivity index (χ2n) is 4.67. The lowest BCUT2D eigenvalue weighted by atomic mass is 10.1. The van der Waals surface area contributed by atoms with Crippen molar-refractivity contribution in [1.29, 1.82) is 0 Å². The van der Waals surface area contributed by atoms with E-state index in [1.807, 2.05) is 24.3 Å². The molecule has 0 radical (unpaired) electrons. The fourth-order valence-corrected chi connectivity index (χ4v) is 2.52. The minimum absolute atomic E-state index is 0.147. The molecule has 0 aromatic heterocycles. The van der Waals surface area contributed by atoms with E-state index in [0.717, 1.165) is 24.1 Å². The molecule has 2 rings (SSSR count). The fraction of sp³-hybridized carbons (Fsp3) is 0.250. The molecule has 2 aromatic rings. The number of halogens is 2. The normalized spacial score (nSPS) is 10.6. The lowest BCUT2D eigenvalue weighted by Crippen LogP contribution is -2.16. The van der Waals surface area contributed by atoms with Crippen LogP contribution in [0.2, 0.25) is 10.0 Å². The molecule has 0 spiro atoms. The van der Waals surface area contributed by atoms with Crippen molar-refractivity contribution < 1.29 is 9.84 Å². The Balaban J connectivity index is 1.84. The molecule has 0 unspecified atom stereocenters. The van der Waals surface area contributed by atoms with Crippen molar-refractivity contribution in [3.05, 3.63) is 57.6 Å². The highest BCUT2D eigenvalue weighted by Crippen LogP contribution is 2.26. The maximum absolute atomic E-state index is 9.54. The fourth-order valence-electron chi connectivity index (χ4n) is 2.01. The van der Waals surface area contributed by atoms with Crippen LogP contribution >= 0.6 is 23.2 Å². The van der Waals surface area contributed by atoms with Crippen LogP contribution in [0.5, 0.6) is 11.5 Å². The van der Waals surface area contributed by atoms with Gasteiger partial charge in [-0.2, -0.15) is 0 Å². The summed E-state index contributed by atoms with van der Waals surface area (Å²) in [6.45, 7) is 1.49. The van der Waals surface area contributed by atoms with Crippen LogP contribution in [-0.4, -0.2) is 18.8 Å². The highest BCUT2D eigenvalue weighted by molar-refractivity contribution is 6.35. The van der Waals surface area contributed by atoms with E-state index >= 15 is 0 Å². The first kappa shape index (κ1) is 16.0. The average Bonchev–Trinajstić information content (AvgIpc) is 2.47. The molecule has 21 heavy (non-hydrogen) atoms. The van der Waals surface area contributed by atoms with E-state index in [-0.39, 0.29) is 5.75 Å². The molecule has 3 nitrogen and oxygen atoms in total. The van der Waals surface area contributed by atoms with Gasteiger partial charge in [-0.15, -0.1) is 0 Å². The van der Waals surface area contributed by atoms with E-state index in [4.69, 9.17) is 27.9 Å². The summed E-state index contributed by atoms with van der Waals surface area (Å²) in [7, 11) is 1.54. The summed E-state index contributed by atoms with van der Waals surface area (Å²) in [5, 5.41) is 14.2. The molecule has 0 fully saturated rings. The second kappa shape index (κ2) is 7.55. The lowest BCUT2D eigenvalue weighted by Gasteiger charge is -2.09. The summed E-state index contributed by atoms with van der Waals surface area (Å²) in [5.74, 6) is 0.629. The Labute approximate surface area is 134 Å². The van der Waals surface area contributed by atoms with Crippen LogP contribution in [0.4, 0.5) is 0 Å².